The van der Waals surface area contributed by atoms with Gasteiger partial charge in [-0.25, -0.2) is 9.80 Å². The molecular formula is C34H27N3O9. The van der Waals surface area contributed by atoms with E-state index < -0.39 is 52.8 Å². The highest BCUT2D eigenvalue weighted by Gasteiger charge is 2.68. The number of nitro benzene ring substituents is 1. The lowest BCUT2D eigenvalue weighted by Crippen LogP contribution is -2.52. The first-order valence-corrected chi connectivity index (χ1v) is 14.8. The molecule has 4 aliphatic carbocycles. The summed E-state index contributed by atoms with van der Waals surface area (Å²) in [6, 6.07) is 16.8. The molecule has 2 bridgehead atoms. The van der Waals surface area contributed by atoms with Crippen LogP contribution in [0.25, 0.3) is 0 Å². The van der Waals surface area contributed by atoms with Gasteiger partial charge >= 0.3 is 5.97 Å². The Morgan fingerprint density at radius 2 is 1.46 bits per heavy atom. The molecule has 2 saturated carbocycles. The van der Waals surface area contributed by atoms with E-state index >= 15 is 0 Å². The fourth-order valence-electron chi connectivity index (χ4n) is 7.14. The first-order valence-electron chi connectivity index (χ1n) is 14.8. The number of nitrogens with zero attached hydrogens (tertiary/aromatic N) is 3. The second kappa shape index (κ2) is 11.1. The van der Waals surface area contributed by atoms with E-state index in [1.807, 2.05) is 12.2 Å². The number of carbonyl (C=O) groups is 5. The zero-order valence-corrected chi connectivity index (χ0v) is 24.5. The predicted molar refractivity (Wildman–Crippen MR) is 159 cm³/mol. The van der Waals surface area contributed by atoms with E-state index in [-0.39, 0.29) is 40.0 Å². The Kier molecular flexibility index (Phi) is 6.99. The maximum Gasteiger partial charge on any atom is 0.343 e. The standard InChI is InChI=1S/C34H27N3O9/c1-45-23-4-2-3-20(15-23)34(42)46-22-11-7-18(8-12-22)28(38)17-35(31(39)19-5-9-21(10-6-19)37(43)44)36-32(40)29-24-13-14-25(27-16-26(24)27)30(29)33(36)41/h2-15,24-27,29-30H,16-17H2,1H3/t24-,25-,26-,27-,29-,30+/m0/s1. The highest BCUT2D eigenvalue weighted by Crippen LogP contribution is 2.65. The number of non-ortho nitro benzene ring substituents is 1. The van der Waals surface area contributed by atoms with Gasteiger partial charge in [0.1, 0.15) is 18.0 Å². The molecule has 0 radical (unpaired) electrons. The van der Waals surface area contributed by atoms with Gasteiger partial charge in [-0.3, -0.25) is 29.3 Å². The van der Waals surface area contributed by atoms with Crippen molar-refractivity contribution in [1.29, 1.82) is 0 Å². The number of benzene rings is 3. The molecule has 3 amide bonds. The number of esters is 1. The molecule has 3 aromatic rings. The molecule has 0 spiro atoms. The average Bonchev–Trinajstić information content (AvgIpc) is 3.86. The fourth-order valence-corrected chi connectivity index (χ4v) is 7.14. The molecule has 0 N–H and O–H groups in total. The van der Waals surface area contributed by atoms with Crippen molar-refractivity contribution in [3.05, 3.63) is 112 Å². The third kappa shape index (κ3) is 4.82. The Hall–Kier alpha value is -5.65. The molecule has 3 fully saturated rings. The lowest BCUT2D eigenvalue weighted by atomic mass is 9.63. The zero-order chi connectivity index (χ0) is 32.3. The van der Waals surface area contributed by atoms with Crippen molar-refractivity contribution in [3.8, 4) is 11.5 Å². The van der Waals surface area contributed by atoms with Crippen molar-refractivity contribution in [1.82, 2.24) is 10.0 Å². The summed E-state index contributed by atoms with van der Waals surface area (Å²) in [6.45, 7) is -0.648. The average molecular weight is 622 g/mol. The smallest absolute Gasteiger partial charge is 0.343 e. The maximum atomic E-state index is 13.9. The number of hydrogen-bond donors (Lipinski definition) is 0. The lowest BCUT2D eigenvalue weighted by Gasteiger charge is -2.37. The summed E-state index contributed by atoms with van der Waals surface area (Å²) in [5.41, 5.74) is 0.133. The van der Waals surface area contributed by atoms with Gasteiger partial charge in [0.15, 0.2) is 5.78 Å². The van der Waals surface area contributed by atoms with Crippen LogP contribution in [0.5, 0.6) is 11.5 Å². The van der Waals surface area contributed by atoms with Crippen LogP contribution in [-0.2, 0) is 9.59 Å². The van der Waals surface area contributed by atoms with E-state index in [9.17, 15) is 34.1 Å². The van der Waals surface area contributed by atoms with Crippen LogP contribution >= 0.6 is 0 Å². The summed E-state index contributed by atoms with van der Waals surface area (Å²) in [5, 5.41) is 12.8. The molecule has 12 nitrogen and oxygen atoms in total. The van der Waals surface area contributed by atoms with Crippen LogP contribution in [-0.4, -0.2) is 58.1 Å². The van der Waals surface area contributed by atoms with Gasteiger partial charge in [0.25, 0.3) is 23.4 Å². The monoisotopic (exact) mass is 621 g/mol. The van der Waals surface area contributed by atoms with E-state index in [4.69, 9.17) is 9.47 Å². The van der Waals surface area contributed by atoms with Crippen LogP contribution in [0, 0.1) is 45.6 Å². The van der Waals surface area contributed by atoms with E-state index in [2.05, 4.69) is 0 Å². The quantitative estimate of drug-likeness (QED) is 0.0653. The summed E-state index contributed by atoms with van der Waals surface area (Å²) >= 11 is 0. The Balaban J connectivity index is 1.14. The highest BCUT2D eigenvalue weighted by molar-refractivity contribution is 6.10. The first kappa shape index (κ1) is 29.1. The molecule has 5 aliphatic rings. The molecule has 0 aromatic heterocycles. The van der Waals surface area contributed by atoms with Gasteiger partial charge in [-0.2, -0.15) is 5.01 Å². The van der Waals surface area contributed by atoms with Gasteiger partial charge in [0, 0.05) is 23.3 Å². The molecule has 8 rings (SSSR count). The lowest BCUT2D eigenvalue weighted by molar-refractivity contribution is -0.384. The molecule has 46 heavy (non-hydrogen) atoms. The van der Waals surface area contributed by atoms with Gasteiger partial charge in [-0.15, -0.1) is 0 Å². The van der Waals surface area contributed by atoms with Gasteiger partial charge in [0.05, 0.1) is 29.4 Å². The number of Topliss-reactive ketones (excluding diaryl/α,β-unsaturated/α-hetero) is 1. The number of ketones is 1. The molecule has 1 saturated heterocycles. The number of nitro groups is 1. The normalized spacial score (nSPS) is 25.0. The molecule has 3 aromatic carbocycles. The van der Waals surface area contributed by atoms with Crippen molar-refractivity contribution in [2.24, 2.45) is 35.5 Å². The van der Waals surface area contributed by atoms with Crippen molar-refractivity contribution >= 4 is 35.2 Å². The Morgan fingerprint density at radius 3 is 2.04 bits per heavy atom. The second-order valence-electron chi connectivity index (χ2n) is 11.9. The number of rotatable bonds is 9. The van der Waals surface area contributed by atoms with Crippen molar-refractivity contribution in [3.63, 3.8) is 0 Å². The minimum atomic E-state index is -0.821. The SMILES string of the molecule is COc1cccc(C(=O)Oc2ccc(C(=O)CN(C(=O)c3ccc([N+](=O)[O-])cc3)N3C(=O)[C@@H]4[C@H]5C=C[C@@H]([C@@H]6C[C@@H]56)[C@@H]4C3=O)cc2)c1. The minimum Gasteiger partial charge on any atom is -0.497 e. The van der Waals surface area contributed by atoms with Crippen molar-refractivity contribution in [2.45, 2.75) is 6.42 Å². The number of hydrogen-bond acceptors (Lipinski definition) is 9. The minimum absolute atomic E-state index is 0.0300. The Morgan fingerprint density at radius 1 is 0.848 bits per heavy atom. The second-order valence-corrected chi connectivity index (χ2v) is 11.9. The predicted octanol–water partition coefficient (Wildman–Crippen LogP) is 4.12. The topological polar surface area (TPSA) is 153 Å². The van der Waals surface area contributed by atoms with Gasteiger partial charge < -0.3 is 9.47 Å². The zero-order valence-electron chi connectivity index (χ0n) is 24.5. The van der Waals surface area contributed by atoms with Crippen LogP contribution in [0.2, 0.25) is 0 Å². The van der Waals surface area contributed by atoms with Crippen LogP contribution < -0.4 is 9.47 Å². The number of hydrazine groups is 1. The maximum absolute atomic E-state index is 13.9. The number of amides is 3. The molecule has 1 heterocycles. The molecular weight excluding hydrogens is 594 g/mol. The highest BCUT2D eigenvalue weighted by atomic mass is 16.6. The summed E-state index contributed by atoms with van der Waals surface area (Å²) in [5.74, 6) is -3.16. The molecule has 12 heteroatoms. The van der Waals surface area contributed by atoms with Crippen LogP contribution in [0.15, 0.2) is 84.9 Å². The summed E-state index contributed by atoms with van der Waals surface area (Å²) in [6.07, 6.45) is 4.97. The molecule has 0 unspecified atom stereocenters. The molecule has 6 atom stereocenters. The number of ether oxygens (including phenoxy) is 2. The van der Waals surface area contributed by atoms with E-state index in [0.29, 0.717) is 17.6 Å². The fraction of sp³-hybridized carbons (Fsp3) is 0.265. The van der Waals surface area contributed by atoms with Gasteiger partial charge in [0.2, 0.25) is 0 Å². The third-order valence-electron chi connectivity index (χ3n) is 9.43. The number of methoxy groups -OCH3 is 1. The largest absolute Gasteiger partial charge is 0.497 e. The van der Waals surface area contributed by atoms with Crippen molar-refractivity contribution in [2.75, 3.05) is 13.7 Å². The van der Waals surface area contributed by atoms with Gasteiger partial charge in [-0.05, 0) is 84.7 Å². The van der Waals surface area contributed by atoms with Gasteiger partial charge in [-0.1, -0.05) is 18.2 Å². The molecule has 232 valence electrons. The Bertz CT molecular complexity index is 1800. The summed E-state index contributed by atoms with van der Waals surface area (Å²) in [7, 11) is 1.48. The van der Waals surface area contributed by atoms with E-state index in [1.54, 1.807) is 18.2 Å². The number of carbonyl (C=O) groups excluding carboxylic acids is 5. The van der Waals surface area contributed by atoms with E-state index in [0.717, 1.165) is 28.6 Å². The Labute approximate surface area is 262 Å². The summed E-state index contributed by atoms with van der Waals surface area (Å²) in [4.78, 5) is 78.3. The van der Waals surface area contributed by atoms with Crippen LogP contribution in [0.1, 0.15) is 37.5 Å². The first-order chi connectivity index (χ1) is 22.2. The number of allylic oxidation sites excluding steroid dienone is 2. The van der Waals surface area contributed by atoms with Crippen LogP contribution in [0.4, 0.5) is 5.69 Å². The summed E-state index contributed by atoms with van der Waals surface area (Å²) < 4.78 is 10.6. The third-order valence-corrected chi connectivity index (χ3v) is 9.43. The number of imide groups is 1. The molecule has 1 aliphatic heterocycles. The van der Waals surface area contributed by atoms with Crippen molar-refractivity contribution < 1.29 is 38.4 Å². The van der Waals surface area contributed by atoms with E-state index in [1.165, 1.54) is 49.6 Å². The van der Waals surface area contributed by atoms with Crippen LogP contribution in [0.3, 0.4) is 0 Å².